The molecule has 2 aliphatic heterocycles. The Balaban J connectivity index is 2.06. The second-order valence-electron chi connectivity index (χ2n) is 4.66. The van der Waals surface area contributed by atoms with E-state index in [-0.39, 0.29) is 0 Å². The van der Waals surface area contributed by atoms with Crippen LogP contribution in [0.3, 0.4) is 0 Å². The Kier molecular flexibility index (Phi) is 2.60. The number of hydrogen-bond acceptors (Lipinski definition) is 3. The van der Waals surface area contributed by atoms with Crippen LogP contribution in [0.2, 0.25) is 0 Å². The molecule has 2 fully saturated rings. The summed E-state index contributed by atoms with van der Waals surface area (Å²) in [6.45, 7) is 7.17. The Labute approximate surface area is 85.4 Å². The molecular formula is C10H20N2S. The molecule has 2 heterocycles. The van der Waals surface area contributed by atoms with Gasteiger partial charge in [-0.05, 0) is 26.3 Å². The van der Waals surface area contributed by atoms with Crippen LogP contribution in [0.5, 0.6) is 0 Å². The summed E-state index contributed by atoms with van der Waals surface area (Å²) in [6, 6.07) is 0.704. The van der Waals surface area contributed by atoms with Crippen LogP contribution in [-0.2, 0) is 0 Å². The van der Waals surface area contributed by atoms with Gasteiger partial charge in [0.1, 0.15) is 0 Å². The van der Waals surface area contributed by atoms with Crippen molar-refractivity contribution < 1.29 is 0 Å². The second kappa shape index (κ2) is 3.44. The molecule has 13 heavy (non-hydrogen) atoms. The van der Waals surface area contributed by atoms with E-state index in [1.807, 2.05) is 0 Å². The van der Waals surface area contributed by atoms with Crippen molar-refractivity contribution in [2.75, 3.05) is 25.9 Å². The summed E-state index contributed by atoms with van der Waals surface area (Å²) in [5, 5.41) is 3.78. The molecule has 2 rings (SSSR count). The SMILES string of the molecule is CC1CSC2(CCN(C)CC2C)N1. The zero-order valence-corrected chi connectivity index (χ0v) is 9.66. The first kappa shape index (κ1) is 9.81. The smallest absolute Gasteiger partial charge is 0.0698 e. The molecule has 1 N–H and O–H groups in total. The first-order valence-electron chi connectivity index (χ1n) is 5.22. The second-order valence-corrected chi connectivity index (χ2v) is 6.01. The van der Waals surface area contributed by atoms with Crippen molar-refractivity contribution in [3.05, 3.63) is 0 Å². The van der Waals surface area contributed by atoms with Gasteiger partial charge in [-0.1, -0.05) is 6.92 Å². The van der Waals surface area contributed by atoms with Crippen LogP contribution in [0.25, 0.3) is 0 Å². The van der Waals surface area contributed by atoms with Crippen LogP contribution in [-0.4, -0.2) is 41.7 Å². The van der Waals surface area contributed by atoms with Gasteiger partial charge in [-0.3, -0.25) is 5.32 Å². The number of likely N-dealkylation sites (tertiary alicyclic amines) is 1. The minimum Gasteiger partial charge on any atom is -0.306 e. The van der Waals surface area contributed by atoms with Crippen LogP contribution in [0.4, 0.5) is 0 Å². The molecule has 1 spiro atoms. The molecule has 0 aromatic heterocycles. The van der Waals surface area contributed by atoms with Crippen molar-refractivity contribution in [2.24, 2.45) is 5.92 Å². The summed E-state index contributed by atoms with van der Waals surface area (Å²) < 4.78 is 0. The highest BCUT2D eigenvalue weighted by molar-refractivity contribution is 8.00. The summed E-state index contributed by atoms with van der Waals surface area (Å²) in [6.07, 6.45) is 1.31. The molecule has 0 aromatic carbocycles. The third-order valence-electron chi connectivity index (χ3n) is 3.33. The van der Waals surface area contributed by atoms with Crippen molar-refractivity contribution in [3.8, 4) is 0 Å². The quantitative estimate of drug-likeness (QED) is 0.636. The fraction of sp³-hybridized carbons (Fsp3) is 1.00. The molecule has 0 aliphatic carbocycles. The van der Waals surface area contributed by atoms with Crippen LogP contribution in [0.15, 0.2) is 0 Å². The van der Waals surface area contributed by atoms with E-state index in [1.165, 1.54) is 25.3 Å². The molecule has 0 saturated carbocycles. The van der Waals surface area contributed by atoms with E-state index >= 15 is 0 Å². The predicted octanol–water partition coefficient (Wildman–Crippen LogP) is 1.38. The Morgan fingerprint density at radius 3 is 2.77 bits per heavy atom. The van der Waals surface area contributed by atoms with Crippen LogP contribution in [0, 0.1) is 5.92 Å². The van der Waals surface area contributed by atoms with E-state index < -0.39 is 0 Å². The lowest BCUT2D eigenvalue weighted by Crippen LogP contribution is -2.54. The highest BCUT2D eigenvalue weighted by Crippen LogP contribution is 2.42. The van der Waals surface area contributed by atoms with Gasteiger partial charge in [0.05, 0.1) is 4.87 Å². The van der Waals surface area contributed by atoms with Crippen molar-refractivity contribution in [2.45, 2.75) is 31.2 Å². The molecule has 3 unspecified atom stereocenters. The first-order chi connectivity index (χ1) is 6.12. The highest BCUT2D eigenvalue weighted by atomic mass is 32.2. The molecular weight excluding hydrogens is 180 g/mol. The molecule has 2 aliphatic rings. The fourth-order valence-corrected chi connectivity index (χ4v) is 4.02. The molecule has 3 atom stereocenters. The van der Waals surface area contributed by atoms with Gasteiger partial charge in [-0.25, -0.2) is 0 Å². The van der Waals surface area contributed by atoms with Gasteiger partial charge in [-0.15, -0.1) is 11.8 Å². The van der Waals surface area contributed by atoms with Crippen LogP contribution >= 0.6 is 11.8 Å². The molecule has 0 radical (unpaired) electrons. The van der Waals surface area contributed by atoms with Crippen molar-refractivity contribution >= 4 is 11.8 Å². The van der Waals surface area contributed by atoms with E-state index in [9.17, 15) is 0 Å². The Morgan fingerprint density at radius 1 is 1.46 bits per heavy atom. The molecule has 2 saturated heterocycles. The Morgan fingerprint density at radius 2 is 2.23 bits per heavy atom. The summed E-state index contributed by atoms with van der Waals surface area (Å²) in [5.41, 5.74) is 0. The van der Waals surface area contributed by atoms with E-state index in [4.69, 9.17) is 0 Å². The van der Waals surface area contributed by atoms with Gasteiger partial charge < -0.3 is 4.90 Å². The maximum Gasteiger partial charge on any atom is 0.0698 e. The third kappa shape index (κ3) is 1.74. The van der Waals surface area contributed by atoms with Gasteiger partial charge >= 0.3 is 0 Å². The highest BCUT2D eigenvalue weighted by Gasteiger charge is 2.44. The van der Waals surface area contributed by atoms with Gasteiger partial charge in [-0.2, -0.15) is 0 Å². The number of thioether (sulfide) groups is 1. The number of rotatable bonds is 0. The van der Waals surface area contributed by atoms with Gasteiger partial charge in [0.25, 0.3) is 0 Å². The summed E-state index contributed by atoms with van der Waals surface area (Å²) in [5.74, 6) is 2.06. The fourth-order valence-electron chi connectivity index (χ4n) is 2.51. The molecule has 0 amide bonds. The number of nitrogens with one attached hydrogen (secondary N) is 1. The monoisotopic (exact) mass is 200 g/mol. The number of piperidine rings is 1. The van der Waals surface area contributed by atoms with Gasteiger partial charge in [0.2, 0.25) is 0 Å². The van der Waals surface area contributed by atoms with Crippen molar-refractivity contribution in [1.82, 2.24) is 10.2 Å². The Hall–Kier alpha value is 0.270. The summed E-state index contributed by atoms with van der Waals surface area (Å²) in [7, 11) is 2.23. The van der Waals surface area contributed by atoms with E-state index in [0.29, 0.717) is 10.9 Å². The van der Waals surface area contributed by atoms with E-state index in [0.717, 1.165) is 5.92 Å². The predicted molar refractivity (Wildman–Crippen MR) is 59.1 cm³/mol. The largest absolute Gasteiger partial charge is 0.306 e. The number of nitrogens with zero attached hydrogens (tertiary/aromatic N) is 1. The third-order valence-corrected chi connectivity index (χ3v) is 5.23. The maximum atomic E-state index is 3.78. The minimum atomic E-state index is 0.409. The average molecular weight is 200 g/mol. The normalized spacial score (nSPS) is 47.3. The Bertz CT molecular complexity index is 197. The van der Waals surface area contributed by atoms with Crippen molar-refractivity contribution in [1.29, 1.82) is 0 Å². The molecule has 76 valence electrons. The summed E-state index contributed by atoms with van der Waals surface area (Å²) in [4.78, 5) is 2.85. The molecule has 3 heteroatoms. The zero-order valence-electron chi connectivity index (χ0n) is 8.84. The van der Waals surface area contributed by atoms with Crippen LogP contribution < -0.4 is 5.32 Å². The topological polar surface area (TPSA) is 15.3 Å². The maximum absolute atomic E-state index is 3.78. The van der Waals surface area contributed by atoms with Crippen molar-refractivity contribution in [3.63, 3.8) is 0 Å². The minimum absolute atomic E-state index is 0.409. The lowest BCUT2D eigenvalue weighted by atomic mass is 9.93. The summed E-state index contributed by atoms with van der Waals surface area (Å²) >= 11 is 2.15. The molecule has 0 bridgehead atoms. The standard InChI is InChI=1S/C10H20N2S/c1-8-6-12(3)5-4-10(8)11-9(2)7-13-10/h8-9,11H,4-7H2,1-3H3. The average Bonchev–Trinajstić information content (AvgIpc) is 2.43. The van der Waals surface area contributed by atoms with Gasteiger partial charge in [0, 0.05) is 24.9 Å². The zero-order chi connectivity index (χ0) is 9.47. The molecule has 2 nitrogen and oxygen atoms in total. The first-order valence-corrected chi connectivity index (χ1v) is 6.21. The van der Waals surface area contributed by atoms with E-state index in [2.05, 4.69) is 42.9 Å². The molecule has 0 aromatic rings. The lowest BCUT2D eigenvalue weighted by Gasteiger charge is -2.43. The van der Waals surface area contributed by atoms with Gasteiger partial charge in [0.15, 0.2) is 0 Å². The van der Waals surface area contributed by atoms with E-state index in [1.54, 1.807) is 0 Å². The number of hydrogen-bond donors (Lipinski definition) is 1. The lowest BCUT2D eigenvalue weighted by molar-refractivity contribution is 0.156. The van der Waals surface area contributed by atoms with Crippen LogP contribution in [0.1, 0.15) is 20.3 Å².